The van der Waals surface area contributed by atoms with Crippen molar-refractivity contribution in [3.8, 4) is 0 Å². The van der Waals surface area contributed by atoms with Gasteiger partial charge in [-0.25, -0.2) is 9.18 Å². The number of benzene rings is 2. The predicted octanol–water partition coefficient (Wildman–Crippen LogP) is 4.21. The Bertz CT molecular complexity index is 958. The number of likely N-dealkylation sites (tertiary alicyclic amines) is 1. The second-order valence-electron chi connectivity index (χ2n) is 8.04. The Kier molecular flexibility index (Phi) is 9.43. The number of nitrogens with zero attached hydrogens (tertiary/aromatic N) is 1. The Hall–Kier alpha value is -2.69. The molecule has 1 unspecified atom stereocenters. The molecule has 0 bridgehead atoms. The van der Waals surface area contributed by atoms with E-state index in [-0.39, 0.29) is 17.8 Å². The number of nitrogens with one attached hydrogen (secondary N) is 1. The summed E-state index contributed by atoms with van der Waals surface area (Å²) in [6, 6.07) is 13.1. The van der Waals surface area contributed by atoms with Gasteiger partial charge in [-0.3, -0.25) is 4.79 Å². The zero-order chi connectivity index (χ0) is 25.5. The summed E-state index contributed by atoms with van der Waals surface area (Å²) in [5.41, 5.74) is 0.237. The lowest BCUT2D eigenvalue weighted by atomic mass is 9.94. The number of piperidine rings is 1. The molecule has 11 heteroatoms. The Morgan fingerprint density at radius 2 is 1.56 bits per heavy atom. The first-order chi connectivity index (χ1) is 15.8. The third kappa shape index (κ3) is 8.27. The summed E-state index contributed by atoms with van der Waals surface area (Å²) in [6.07, 6.45) is -3.45. The molecule has 34 heavy (non-hydrogen) atoms. The molecule has 2 aromatic rings. The number of hydrogen-bond acceptors (Lipinski definition) is 4. The van der Waals surface area contributed by atoms with E-state index in [0.717, 1.165) is 12.8 Å². The van der Waals surface area contributed by atoms with Crippen molar-refractivity contribution in [3.63, 3.8) is 0 Å². The summed E-state index contributed by atoms with van der Waals surface area (Å²) in [5.74, 6) is -3.06. The van der Waals surface area contributed by atoms with Crippen LogP contribution in [0.5, 0.6) is 0 Å². The van der Waals surface area contributed by atoms with Crippen LogP contribution in [0.25, 0.3) is 0 Å². The van der Waals surface area contributed by atoms with Crippen molar-refractivity contribution in [3.05, 3.63) is 70.5 Å². The highest BCUT2D eigenvalue weighted by molar-refractivity contribution is 6.30. The van der Waals surface area contributed by atoms with E-state index in [0.29, 0.717) is 35.8 Å². The van der Waals surface area contributed by atoms with Crippen LogP contribution >= 0.6 is 11.6 Å². The zero-order valence-electron chi connectivity index (χ0n) is 18.3. The first-order valence-electron chi connectivity index (χ1n) is 10.4. The van der Waals surface area contributed by atoms with E-state index in [1.54, 1.807) is 43.3 Å². The lowest BCUT2D eigenvalue weighted by molar-refractivity contribution is -0.192. The van der Waals surface area contributed by atoms with Crippen molar-refractivity contribution in [1.82, 2.24) is 10.2 Å². The number of hydrogen-bond donors (Lipinski definition) is 3. The monoisotopic (exact) mass is 504 g/mol. The smallest absolute Gasteiger partial charge is 0.475 e. The summed E-state index contributed by atoms with van der Waals surface area (Å²) in [7, 11) is 0. The zero-order valence-corrected chi connectivity index (χ0v) is 19.0. The van der Waals surface area contributed by atoms with Crippen LogP contribution in [-0.2, 0) is 10.4 Å². The third-order valence-electron chi connectivity index (χ3n) is 5.32. The lowest BCUT2D eigenvalue weighted by Crippen LogP contribution is -2.48. The van der Waals surface area contributed by atoms with Crippen molar-refractivity contribution in [2.75, 3.05) is 19.6 Å². The van der Waals surface area contributed by atoms with E-state index >= 15 is 0 Å². The molecule has 0 spiro atoms. The number of amides is 1. The first kappa shape index (κ1) is 27.6. The fraction of sp³-hybridized carbons (Fsp3) is 0.391. The van der Waals surface area contributed by atoms with E-state index in [2.05, 4.69) is 5.32 Å². The summed E-state index contributed by atoms with van der Waals surface area (Å²) in [5, 5.41) is 21.8. The summed E-state index contributed by atoms with van der Waals surface area (Å²) < 4.78 is 44.8. The number of carbonyl (C=O) groups is 2. The minimum atomic E-state index is -5.08. The molecule has 186 valence electrons. The molecule has 3 rings (SSSR count). The van der Waals surface area contributed by atoms with Gasteiger partial charge in [0.05, 0.1) is 5.60 Å². The van der Waals surface area contributed by atoms with Crippen LogP contribution < -0.4 is 5.32 Å². The largest absolute Gasteiger partial charge is 0.490 e. The first-order valence-corrected chi connectivity index (χ1v) is 10.7. The molecule has 1 atom stereocenters. The Morgan fingerprint density at radius 3 is 2.03 bits per heavy atom. The van der Waals surface area contributed by atoms with Gasteiger partial charge in [0.1, 0.15) is 5.82 Å². The van der Waals surface area contributed by atoms with Gasteiger partial charge in [-0.05, 0) is 61.7 Å². The second kappa shape index (κ2) is 11.6. The molecule has 1 aliphatic heterocycles. The third-order valence-corrected chi connectivity index (χ3v) is 5.57. The fourth-order valence-corrected chi connectivity index (χ4v) is 3.44. The topological polar surface area (TPSA) is 89.9 Å². The van der Waals surface area contributed by atoms with Gasteiger partial charge < -0.3 is 20.4 Å². The van der Waals surface area contributed by atoms with Crippen LogP contribution in [0.1, 0.15) is 35.7 Å². The van der Waals surface area contributed by atoms with Crippen LogP contribution in [0.3, 0.4) is 0 Å². The number of aliphatic carboxylic acids is 1. The molecule has 1 fully saturated rings. The SMILES string of the molecule is CC(O)(CNC1CCN(C(=O)c2ccc(Cl)cc2)CC1)c1ccc(F)cc1.O=C(O)C(F)(F)F. The minimum absolute atomic E-state index is 0.0171. The van der Waals surface area contributed by atoms with Gasteiger partial charge in [0.2, 0.25) is 0 Å². The quantitative estimate of drug-likeness (QED) is 0.531. The van der Waals surface area contributed by atoms with E-state index in [9.17, 15) is 27.5 Å². The van der Waals surface area contributed by atoms with Gasteiger partial charge in [0, 0.05) is 36.3 Å². The maximum atomic E-state index is 13.1. The van der Waals surface area contributed by atoms with E-state index in [1.165, 1.54) is 12.1 Å². The summed E-state index contributed by atoms with van der Waals surface area (Å²) >= 11 is 5.87. The average Bonchev–Trinajstić information content (AvgIpc) is 2.78. The van der Waals surface area contributed by atoms with Gasteiger partial charge >= 0.3 is 12.1 Å². The normalized spacial score (nSPS) is 16.3. The Balaban J connectivity index is 0.000000509. The second-order valence-corrected chi connectivity index (χ2v) is 8.47. The molecule has 3 N–H and O–H groups in total. The molecule has 1 amide bonds. The molecular formula is C23H25ClF4N2O4. The molecule has 6 nitrogen and oxygen atoms in total. The van der Waals surface area contributed by atoms with Crippen LogP contribution in [0.4, 0.5) is 17.6 Å². The molecule has 0 radical (unpaired) electrons. The number of halogens is 5. The number of aliphatic hydroxyl groups is 1. The van der Waals surface area contributed by atoms with Crippen molar-refractivity contribution < 1.29 is 37.4 Å². The summed E-state index contributed by atoms with van der Waals surface area (Å²) in [6.45, 7) is 3.41. The number of alkyl halides is 3. The number of rotatable bonds is 5. The van der Waals surface area contributed by atoms with Gasteiger partial charge in [-0.1, -0.05) is 23.7 Å². The molecule has 0 aromatic heterocycles. The fourth-order valence-electron chi connectivity index (χ4n) is 3.32. The summed E-state index contributed by atoms with van der Waals surface area (Å²) in [4.78, 5) is 23.3. The molecule has 0 aliphatic carbocycles. The van der Waals surface area contributed by atoms with Gasteiger partial charge in [0.25, 0.3) is 5.91 Å². The molecule has 1 aliphatic rings. The van der Waals surface area contributed by atoms with Crippen LogP contribution in [0.15, 0.2) is 48.5 Å². The van der Waals surface area contributed by atoms with Crippen molar-refractivity contribution in [2.45, 2.75) is 37.6 Å². The van der Waals surface area contributed by atoms with E-state index in [1.807, 2.05) is 4.90 Å². The number of carboxylic acid groups (broad SMARTS) is 1. The molecule has 0 saturated carbocycles. The maximum Gasteiger partial charge on any atom is 0.490 e. The van der Waals surface area contributed by atoms with Gasteiger partial charge in [0.15, 0.2) is 0 Å². The van der Waals surface area contributed by atoms with Crippen LogP contribution in [-0.4, -0.2) is 58.8 Å². The average molecular weight is 505 g/mol. The molecular weight excluding hydrogens is 480 g/mol. The van der Waals surface area contributed by atoms with Crippen LogP contribution in [0.2, 0.25) is 5.02 Å². The standard InChI is InChI=1S/C21H24ClFN2O2.C2HF3O2/c1-21(27,16-4-8-18(23)9-5-16)14-24-19-10-12-25(13-11-19)20(26)15-2-6-17(22)7-3-15;3-2(4,5)1(6)7/h2-9,19,24,27H,10-14H2,1H3;(H,6,7). The highest BCUT2D eigenvalue weighted by Gasteiger charge is 2.38. The Morgan fingerprint density at radius 1 is 1.06 bits per heavy atom. The van der Waals surface area contributed by atoms with E-state index < -0.39 is 17.7 Å². The lowest BCUT2D eigenvalue weighted by Gasteiger charge is -2.34. The number of carboxylic acids is 1. The maximum absolute atomic E-state index is 13.1. The highest BCUT2D eigenvalue weighted by Crippen LogP contribution is 2.22. The van der Waals surface area contributed by atoms with Gasteiger partial charge in [-0.15, -0.1) is 0 Å². The van der Waals surface area contributed by atoms with E-state index in [4.69, 9.17) is 21.5 Å². The predicted molar refractivity (Wildman–Crippen MR) is 118 cm³/mol. The highest BCUT2D eigenvalue weighted by atomic mass is 35.5. The van der Waals surface area contributed by atoms with Crippen molar-refractivity contribution in [1.29, 1.82) is 0 Å². The molecule has 1 saturated heterocycles. The van der Waals surface area contributed by atoms with Gasteiger partial charge in [-0.2, -0.15) is 13.2 Å². The van der Waals surface area contributed by atoms with Crippen molar-refractivity contribution >= 4 is 23.5 Å². The molecule has 2 aromatic carbocycles. The van der Waals surface area contributed by atoms with Crippen molar-refractivity contribution in [2.24, 2.45) is 0 Å². The Labute approximate surface area is 199 Å². The van der Waals surface area contributed by atoms with Crippen LogP contribution in [0, 0.1) is 5.82 Å². The minimum Gasteiger partial charge on any atom is -0.475 e. The molecule has 1 heterocycles. The number of carbonyl (C=O) groups excluding carboxylic acids is 1.